The van der Waals surface area contributed by atoms with Gasteiger partial charge in [0.25, 0.3) is 0 Å². The van der Waals surface area contributed by atoms with Gasteiger partial charge in [-0.3, -0.25) is 9.69 Å². The molecule has 2 rings (SSSR count). The normalized spacial score (nSPS) is 29.9. The lowest BCUT2D eigenvalue weighted by Crippen LogP contribution is -2.62. The third-order valence-electron chi connectivity index (χ3n) is 4.02. The topological polar surface area (TPSA) is 36.4 Å². The van der Waals surface area contributed by atoms with Crippen molar-refractivity contribution in [1.29, 1.82) is 0 Å². The minimum atomic E-state index is -0.0644. The fourth-order valence-corrected chi connectivity index (χ4v) is 3.28. The van der Waals surface area contributed by atoms with Crippen LogP contribution in [0.1, 0.15) is 31.5 Å². The highest BCUT2D eigenvalue weighted by Crippen LogP contribution is 2.24. The summed E-state index contributed by atoms with van der Waals surface area (Å²) >= 11 is 1.67. The van der Waals surface area contributed by atoms with Crippen LogP contribution in [0.5, 0.6) is 0 Å². The lowest BCUT2D eigenvalue weighted by molar-refractivity contribution is -0.146. The number of carbonyl (C=O) groups is 1. The van der Waals surface area contributed by atoms with Crippen molar-refractivity contribution in [2.24, 2.45) is 0 Å². The monoisotopic (exact) mass is 267 g/mol. The third kappa shape index (κ3) is 2.29. The number of thiazole rings is 1. The van der Waals surface area contributed by atoms with Gasteiger partial charge in [0, 0.05) is 30.2 Å². The van der Waals surface area contributed by atoms with E-state index in [0.717, 1.165) is 17.2 Å². The molecule has 1 aliphatic heterocycles. The van der Waals surface area contributed by atoms with Crippen molar-refractivity contribution in [1.82, 2.24) is 14.8 Å². The first-order valence-electron chi connectivity index (χ1n) is 6.35. The second-order valence-corrected chi connectivity index (χ2v) is 6.10. The van der Waals surface area contributed by atoms with Crippen molar-refractivity contribution in [3.05, 3.63) is 16.1 Å². The van der Waals surface area contributed by atoms with Crippen molar-refractivity contribution >= 4 is 17.2 Å². The number of amides is 1. The number of nitrogens with zero attached hydrogens (tertiary/aromatic N) is 3. The smallest absolute Gasteiger partial charge is 0.239 e. The van der Waals surface area contributed by atoms with Gasteiger partial charge in [0.05, 0.1) is 12.6 Å². The summed E-state index contributed by atoms with van der Waals surface area (Å²) in [5.74, 6) is 0.203. The van der Waals surface area contributed by atoms with E-state index in [-0.39, 0.29) is 18.0 Å². The maximum atomic E-state index is 12.2. The Bertz CT molecular complexity index is 445. The molecular weight excluding hydrogens is 246 g/mol. The summed E-state index contributed by atoms with van der Waals surface area (Å²) in [4.78, 5) is 20.8. The molecule has 100 valence electrons. The van der Waals surface area contributed by atoms with E-state index < -0.39 is 0 Å². The molecule has 3 atom stereocenters. The molecule has 0 aromatic carbocycles. The lowest BCUT2D eigenvalue weighted by Gasteiger charge is -2.46. The van der Waals surface area contributed by atoms with Gasteiger partial charge in [-0.1, -0.05) is 0 Å². The molecule has 0 unspecified atom stereocenters. The summed E-state index contributed by atoms with van der Waals surface area (Å²) < 4.78 is 0. The Morgan fingerprint density at radius 3 is 2.56 bits per heavy atom. The molecule has 5 heteroatoms. The minimum Gasteiger partial charge on any atom is -0.340 e. The van der Waals surface area contributed by atoms with Gasteiger partial charge in [0.15, 0.2) is 0 Å². The van der Waals surface area contributed by atoms with Crippen LogP contribution in [0.4, 0.5) is 0 Å². The Kier molecular flexibility index (Phi) is 3.73. The van der Waals surface area contributed by atoms with Crippen LogP contribution >= 0.6 is 11.3 Å². The second-order valence-electron chi connectivity index (χ2n) is 5.16. The summed E-state index contributed by atoms with van der Waals surface area (Å²) in [6.07, 6.45) is 0. The van der Waals surface area contributed by atoms with Gasteiger partial charge in [-0.25, -0.2) is 4.98 Å². The fourth-order valence-electron chi connectivity index (χ4n) is 2.50. The maximum absolute atomic E-state index is 12.2. The highest BCUT2D eigenvalue weighted by atomic mass is 32.1. The van der Waals surface area contributed by atoms with E-state index in [0.29, 0.717) is 6.04 Å². The van der Waals surface area contributed by atoms with Gasteiger partial charge < -0.3 is 4.90 Å². The zero-order chi connectivity index (χ0) is 13.4. The molecule has 0 radical (unpaired) electrons. The van der Waals surface area contributed by atoms with Crippen LogP contribution in [-0.4, -0.2) is 45.9 Å². The molecule has 1 aliphatic rings. The molecule has 1 amide bonds. The van der Waals surface area contributed by atoms with Crippen LogP contribution < -0.4 is 0 Å². The Morgan fingerprint density at radius 2 is 2.00 bits per heavy atom. The van der Waals surface area contributed by atoms with E-state index in [1.54, 1.807) is 11.3 Å². The first-order valence-corrected chi connectivity index (χ1v) is 7.23. The lowest BCUT2D eigenvalue weighted by atomic mass is 10.0. The Morgan fingerprint density at radius 1 is 1.33 bits per heavy atom. The Labute approximate surface area is 113 Å². The largest absolute Gasteiger partial charge is 0.340 e. The van der Waals surface area contributed by atoms with Crippen LogP contribution in [0.25, 0.3) is 0 Å². The summed E-state index contributed by atoms with van der Waals surface area (Å²) in [6, 6.07) is 0.534. The number of hydrogen-bond acceptors (Lipinski definition) is 4. The number of hydrogen-bond donors (Lipinski definition) is 0. The number of likely N-dealkylation sites (N-methyl/N-ethyl adjacent to an activating group) is 1. The van der Waals surface area contributed by atoms with Crippen molar-refractivity contribution in [3.63, 3.8) is 0 Å². The average molecular weight is 267 g/mol. The molecule has 0 bridgehead atoms. The van der Waals surface area contributed by atoms with E-state index in [2.05, 4.69) is 29.1 Å². The van der Waals surface area contributed by atoms with Gasteiger partial charge in [-0.05, 0) is 27.7 Å². The minimum absolute atomic E-state index is 0.0644. The molecule has 0 spiro atoms. The molecule has 4 nitrogen and oxygen atoms in total. The maximum Gasteiger partial charge on any atom is 0.239 e. The predicted octanol–water partition coefficient (Wildman–Crippen LogP) is 1.89. The SMILES string of the molecule is Cc1csc(CN2[C@H](C)C(=O)N(C)[C@H](C)[C@H]2C)n1. The molecule has 0 saturated carbocycles. The molecule has 0 N–H and O–H groups in total. The molecule has 18 heavy (non-hydrogen) atoms. The quantitative estimate of drug-likeness (QED) is 0.821. The molecule has 1 saturated heterocycles. The number of piperazine rings is 1. The zero-order valence-electron chi connectivity index (χ0n) is 11.7. The predicted molar refractivity (Wildman–Crippen MR) is 73.6 cm³/mol. The summed E-state index contributed by atoms with van der Waals surface area (Å²) in [7, 11) is 1.89. The molecule has 0 aliphatic carbocycles. The van der Waals surface area contributed by atoms with Gasteiger partial charge in [0.2, 0.25) is 5.91 Å². The number of carbonyl (C=O) groups excluding carboxylic acids is 1. The summed E-state index contributed by atoms with van der Waals surface area (Å²) in [5, 5.41) is 3.15. The Balaban J connectivity index is 2.18. The Hall–Kier alpha value is -0.940. The highest BCUT2D eigenvalue weighted by Gasteiger charge is 2.39. The van der Waals surface area contributed by atoms with E-state index in [1.807, 2.05) is 25.8 Å². The fraction of sp³-hybridized carbons (Fsp3) is 0.692. The van der Waals surface area contributed by atoms with Crippen LogP contribution in [0, 0.1) is 6.92 Å². The van der Waals surface area contributed by atoms with E-state index in [1.165, 1.54) is 0 Å². The zero-order valence-corrected chi connectivity index (χ0v) is 12.5. The second kappa shape index (κ2) is 4.97. The molecule has 1 fully saturated rings. The molecular formula is C13H21N3OS. The standard InChI is InChI=1S/C13H21N3OS/c1-8-7-18-12(14-8)6-16-10(3)9(2)15(5)13(17)11(16)4/h7,9-11H,6H2,1-5H3/t9-,10-,11-/m1/s1. The van der Waals surface area contributed by atoms with Gasteiger partial charge >= 0.3 is 0 Å². The average Bonchev–Trinajstić information content (AvgIpc) is 2.75. The van der Waals surface area contributed by atoms with Crippen molar-refractivity contribution in [2.75, 3.05) is 7.05 Å². The van der Waals surface area contributed by atoms with Crippen molar-refractivity contribution in [2.45, 2.75) is 52.4 Å². The molecule has 2 heterocycles. The van der Waals surface area contributed by atoms with Gasteiger partial charge in [0.1, 0.15) is 5.01 Å². The van der Waals surface area contributed by atoms with Crippen molar-refractivity contribution in [3.8, 4) is 0 Å². The third-order valence-corrected chi connectivity index (χ3v) is 4.97. The van der Waals surface area contributed by atoms with Crippen LogP contribution in [0.3, 0.4) is 0 Å². The highest BCUT2D eigenvalue weighted by molar-refractivity contribution is 7.09. The number of aromatic nitrogens is 1. The van der Waals surface area contributed by atoms with E-state index in [9.17, 15) is 4.79 Å². The number of aryl methyl sites for hydroxylation is 1. The van der Waals surface area contributed by atoms with Gasteiger partial charge in [-0.2, -0.15) is 0 Å². The van der Waals surface area contributed by atoms with E-state index >= 15 is 0 Å². The van der Waals surface area contributed by atoms with Crippen LogP contribution in [0.15, 0.2) is 5.38 Å². The van der Waals surface area contributed by atoms with Crippen LogP contribution in [0.2, 0.25) is 0 Å². The summed E-state index contributed by atoms with van der Waals surface area (Å²) in [5.41, 5.74) is 1.06. The molecule has 1 aromatic rings. The molecule has 1 aromatic heterocycles. The van der Waals surface area contributed by atoms with Crippen LogP contribution in [-0.2, 0) is 11.3 Å². The summed E-state index contributed by atoms with van der Waals surface area (Å²) in [6.45, 7) is 9.05. The van der Waals surface area contributed by atoms with E-state index in [4.69, 9.17) is 0 Å². The first-order chi connectivity index (χ1) is 8.41. The van der Waals surface area contributed by atoms with Crippen molar-refractivity contribution < 1.29 is 4.79 Å². The first kappa shape index (κ1) is 13.5. The van der Waals surface area contributed by atoms with Gasteiger partial charge in [-0.15, -0.1) is 11.3 Å². The number of rotatable bonds is 2.